The van der Waals surface area contributed by atoms with Crippen LogP contribution < -0.4 is 5.32 Å². The minimum absolute atomic E-state index is 0.0210. The van der Waals surface area contributed by atoms with Crippen LogP contribution in [-0.4, -0.2) is 29.3 Å². The van der Waals surface area contributed by atoms with Crippen molar-refractivity contribution in [1.29, 1.82) is 0 Å². The molecule has 1 atom stereocenters. The molecule has 0 aromatic heterocycles. The van der Waals surface area contributed by atoms with Gasteiger partial charge in [0.2, 0.25) is 5.91 Å². The summed E-state index contributed by atoms with van der Waals surface area (Å²) in [6.45, 7) is 0.986. The number of likely N-dealkylation sites (tertiary alicyclic amines) is 1. The zero-order valence-corrected chi connectivity index (χ0v) is 15.3. The molecule has 4 nitrogen and oxygen atoms in total. The van der Waals surface area contributed by atoms with Gasteiger partial charge in [-0.2, -0.15) is 0 Å². The molecule has 1 aliphatic heterocycles. The van der Waals surface area contributed by atoms with Crippen LogP contribution in [-0.2, 0) is 11.3 Å². The number of carbonyl (C=O) groups excluding carboxylic acids is 2. The number of nitrogens with one attached hydrogen (secondary N) is 1. The SMILES string of the molecule is O=C(NC1CCCCN(Cc2cccc(Cl)c2)C1=O)c1ccc(F)c(F)c1. The highest BCUT2D eigenvalue weighted by Crippen LogP contribution is 2.18. The van der Waals surface area contributed by atoms with Gasteiger partial charge in [-0.15, -0.1) is 0 Å². The largest absolute Gasteiger partial charge is 0.340 e. The Morgan fingerprint density at radius 2 is 1.96 bits per heavy atom. The summed E-state index contributed by atoms with van der Waals surface area (Å²) < 4.78 is 26.4. The Balaban J connectivity index is 1.71. The molecule has 142 valence electrons. The molecular formula is C20H19ClF2N2O2. The number of carbonyl (C=O) groups is 2. The molecule has 0 spiro atoms. The van der Waals surface area contributed by atoms with Crippen molar-refractivity contribution in [3.63, 3.8) is 0 Å². The molecule has 0 radical (unpaired) electrons. The van der Waals surface area contributed by atoms with Crippen molar-refractivity contribution in [3.8, 4) is 0 Å². The van der Waals surface area contributed by atoms with E-state index in [4.69, 9.17) is 11.6 Å². The average Bonchev–Trinajstić information content (AvgIpc) is 2.80. The second-order valence-corrected chi connectivity index (χ2v) is 6.98. The Kier molecular flexibility index (Phi) is 6.06. The molecule has 7 heteroatoms. The van der Waals surface area contributed by atoms with Gasteiger partial charge in [0.15, 0.2) is 11.6 Å². The maximum atomic E-state index is 13.4. The molecule has 1 heterocycles. The molecule has 2 amide bonds. The number of rotatable bonds is 4. The van der Waals surface area contributed by atoms with Crippen molar-refractivity contribution in [3.05, 3.63) is 70.2 Å². The number of benzene rings is 2. The number of hydrogen-bond acceptors (Lipinski definition) is 2. The van der Waals surface area contributed by atoms with Crippen molar-refractivity contribution in [2.75, 3.05) is 6.54 Å². The van der Waals surface area contributed by atoms with Crippen LogP contribution in [0.4, 0.5) is 8.78 Å². The Morgan fingerprint density at radius 1 is 1.15 bits per heavy atom. The van der Waals surface area contributed by atoms with Crippen LogP contribution in [0.25, 0.3) is 0 Å². The minimum atomic E-state index is -1.10. The van der Waals surface area contributed by atoms with Gasteiger partial charge in [-0.1, -0.05) is 23.7 Å². The van der Waals surface area contributed by atoms with Crippen LogP contribution in [0.15, 0.2) is 42.5 Å². The van der Waals surface area contributed by atoms with Crippen molar-refractivity contribution in [2.45, 2.75) is 31.8 Å². The monoisotopic (exact) mass is 392 g/mol. The first-order valence-corrected chi connectivity index (χ1v) is 9.11. The van der Waals surface area contributed by atoms with E-state index in [1.165, 1.54) is 6.07 Å². The number of halogens is 3. The van der Waals surface area contributed by atoms with Crippen molar-refractivity contribution in [1.82, 2.24) is 10.2 Å². The molecule has 2 aromatic rings. The molecule has 27 heavy (non-hydrogen) atoms. The van der Waals surface area contributed by atoms with Gasteiger partial charge < -0.3 is 10.2 Å². The van der Waals surface area contributed by atoms with Gasteiger partial charge in [0.05, 0.1) is 0 Å². The summed E-state index contributed by atoms with van der Waals surface area (Å²) in [6, 6.07) is 9.49. The van der Waals surface area contributed by atoms with Crippen LogP contribution in [0.3, 0.4) is 0 Å². The third kappa shape index (κ3) is 4.83. The molecule has 1 aliphatic rings. The molecule has 1 fully saturated rings. The second kappa shape index (κ2) is 8.48. The van der Waals surface area contributed by atoms with E-state index in [0.717, 1.165) is 30.5 Å². The number of nitrogens with zero attached hydrogens (tertiary/aromatic N) is 1. The smallest absolute Gasteiger partial charge is 0.252 e. The third-order valence-corrected chi connectivity index (χ3v) is 4.77. The lowest BCUT2D eigenvalue weighted by Crippen LogP contribution is -2.47. The normalized spacial score (nSPS) is 17.5. The highest BCUT2D eigenvalue weighted by Gasteiger charge is 2.28. The Morgan fingerprint density at radius 3 is 2.70 bits per heavy atom. The van der Waals surface area contributed by atoms with E-state index >= 15 is 0 Å². The number of amides is 2. The molecule has 1 N–H and O–H groups in total. The Labute approximate surface area is 161 Å². The quantitative estimate of drug-likeness (QED) is 0.857. The van der Waals surface area contributed by atoms with Crippen molar-refractivity contribution < 1.29 is 18.4 Å². The molecule has 2 aromatic carbocycles. The zero-order valence-electron chi connectivity index (χ0n) is 14.6. The average molecular weight is 393 g/mol. The lowest BCUT2D eigenvalue weighted by atomic mass is 10.1. The Bertz CT molecular complexity index is 860. The van der Waals surface area contributed by atoms with Gasteiger partial charge in [0, 0.05) is 23.7 Å². The first kappa shape index (κ1) is 19.3. The van der Waals surface area contributed by atoms with E-state index in [-0.39, 0.29) is 11.5 Å². The fourth-order valence-corrected chi connectivity index (χ4v) is 3.34. The first-order valence-electron chi connectivity index (χ1n) is 8.73. The fourth-order valence-electron chi connectivity index (χ4n) is 3.13. The summed E-state index contributed by atoms with van der Waals surface area (Å²) in [5.74, 6) is -2.91. The maximum absolute atomic E-state index is 13.4. The number of hydrogen-bond donors (Lipinski definition) is 1. The van der Waals surface area contributed by atoms with Crippen molar-refractivity contribution in [2.24, 2.45) is 0 Å². The van der Waals surface area contributed by atoms with Gasteiger partial charge in [-0.25, -0.2) is 8.78 Å². The summed E-state index contributed by atoms with van der Waals surface area (Å²) in [6.07, 6.45) is 2.10. The van der Waals surface area contributed by atoms with Gasteiger partial charge >= 0.3 is 0 Å². The first-order chi connectivity index (χ1) is 12.9. The summed E-state index contributed by atoms with van der Waals surface area (Å²) in [5.41, 5.74) is 0.885. The van der Waals surface area contributed by atoms with Crippen LogP contribution in [0, 0.1) is 11.6 Å². The molecule has 0 bridgehead atoms. The summed E-state index contributed by atoms with van der Waals surface area (Å²) in [5, 5.41) is 3.25. The van der Waals surface area contributed by atoms with E-state index in [1.807, 2.05) is 12.1 Å². The van der Waals surface area contributed by atoms with E-state index in [2.05, 4.69) is 5.32 Å². The minimum Gasteiger partial charge on any atom is -0.340 e. The molecule has 0 saturated carbocycles. The lowest BCUT2D eigenvalue weighted by molar-refractivity contribution is -0.133. The zero-order chi connectivity index (χ0) is 19.4. The predicted octanol–water partition coefficient (Wildman–Crippen LogP) is 3.93. The third-order valence-electron chi connectivity index (χ3n) is 4.53. The second-order valence-electron chi connectivity index (χ2n) is 6.54. The lowest BCUT2D eigenvalue weighted by Gasteiger charge is -2.25. The van der Waals surface area contributed by atoms with Crippen molar-refractivity contribution >= 4 is 23.4 Å². The topological polar surface area (TPSA) is 49.4 Å². The van der Waals surface area contributed by atoms with E-state index in [9.17, 15) is 18.4 Å². The summed E-state index contributed by atoms with van der Waals surface area (Å²) >= 11 is 6.00. The van der Waals surface area contributed by atoms with Crippen LogP contribution in [0.2, 0.25) is 5.02 Å². The molecule has 1 saturated heterocycles. The molecule has 3 rings (SSSR count). The van der Waals surface area contributed by atoms with Gasteiger partial charge in [-0.3, -0.25) is 9.59 Å². The van der Waals surface area contributed by atoms with Gasteiger partial charge in [0.1, 0.15) is 6.04 Å². The maximum Gasteiger partial charge on any atom is 0.252 e. The predicted molar refractivity (Wildman–Crippen MR) is 98.3 cm³/mol. The summed E-state index contributed by atoms with van der Waals surface area (Å²) in [7, 11) is 0. The van der Waals surface area contributed by atoms with E-state index < -0.39 is 23.6 Å². The van der Waals surface area contributed by atoms with E-state index in [0.29, 0.717) is 24.5 Å². The van der Waals surface area contributed by atoms with Crippen LogP contribution in [0.1, 0.15) is 35.2 Å². The van der Waals surface area contributed by atoms with E-state index in [1.54, 1.807) is 17.0 Å². The van der Waals surface area contributed by atoms with Crippen LogP contribution in [0.5, 0.6) is 0 Å². The Hall–Kier alpha value is -2.47. The van der Waals surface area contributed by atoms with Gasteiger partial charge in [0.25, 0.3) is 5.91 Å². The molecule has 1 unspecified atom stereocenters. The fraction of sp³-hybridized carbons (Fsp3) is 0.300. The van der Waals surface area contributed by atoms with Crippen LogP contribution >= 0.6 is 11.6 Å². The molecular weight excluding hydrogens is 374 g/mol. The van der Waals surface area contributed by atoms with Gasteiger partial charge in [-0.05, 0) is 55.2 Å². The standard InChI is InChI=1S/C20H19ClF2N2O2/c21-15-5-3-4-13(10-15)12-25-9-2-1-6-18(20(25)27)24-19(26)14-7-8-16(22)17(23)11-14/h3-5,7-8,10-11,18H,1-2,6,9,12H2,(H,24,26). The highest BCUT2D eigenvalue weighted by molar-refractivity contribution is 6.30. The summed E-state index contributed by atoms with van der Waals surface area (Å²) in [4.78, 5) is 26.9. The molecule has 0 aliphatic carbocycles. The highest BCUT2D eigenvalue weighted by atomic mass is 35.5.